The van der Waals surface area contributed by atoms with E-state index in [9.17, 15) is 30.6 Å². The third-order valence-corrected chi connectivity index (χ3v) is 6.28. The molecule has 0 bridgehead atoms. The van der Waals surface area contributed by atoms with Crippen LogP contribution in [0, 0.1) is 10.8 Å². The number of allylic oxidation sites excluding steroid dienone is 1. The summed E-state index contributed by atoms with van der Waals surface area (Å²) in [7, 11) is 0. The van der Waals surface area contributed by atoms with Gasteiger partial charge in [-0.05, 0) is 30.6 Å². The Hall–Kier alpha value is -0.580. The molecule has 2 fully saturated rings. The summed E-state index contributed by atoms with van der Waals surface area (Å²) in [6.07, 6.45) is -4.00. The van der Waals surface area contributed by atoms with Crippen molar-refractivity contribution in [3.63, 3.8) is 0 Å². The van der Waals surface area contributed by atoms with Crippen LogP contribution < -0.4 is 0 Å². The average Bonchev–Trinajstić information content (AvgIpc) is 2.58. The maximum atomic E-state index is 10.1. The summed E-state index contributed by atoms with van der Waals surface area (Å²) in [6.45, 7) is 7.31. The largest absolute Gasteiger partial charge is 0.394 e. The highest BCUT2D eigenvalue weighted by Crippen LogP contribution is 2.51. The van der Waals surface area contributed by atoms with E-state index >= 15 is 0 Å². The lowest BCUT2D eigenvalue weighted by Crippen LogP contribution is -2.59. The Morgan fingerprint density at radius 3 is 2.19 bits per heavy atom. The maximum Gasteiger partial charge on any atom is 0.187 e. The Morgan fingerprint density at radius 2 is 1.59 bits per heavy atom. The summed E-state index contributed by atoms with van der Waals surface area (Å²) in [5, 5.41) is 59.0. The van der Waals surface area contributed by atoms with Gasteiger partial charge in [0.1, 0.15) is 24.4 Å². The summed E-state index contributed by atoms with van der Waals surface area (Å²) in [5.41, 5.74) is -0.621. The highest BCUT2D eigenvalue weighted by Gasteiger charge is 2.48. The van der Waals surface area contributed by atoms with Gasteiger partial charge in [0.05, 0.1) is 24.9 Å². The fourth-order valence-electron chi connectivity index (χ4n) is 3.82. The number of rotatable bonds is 5. The normalized spacial score (nSPS) is 46.5. The van der Waals surface area contributed by atoms with Crippen LogP contribution in [0.3, 0.4) is 0 Å². The van der Waals surface area contributed by atoms with E-state index < -0.39 is 55.6 Å². The Morgan fingerprint density at radius 1 is 1.00 bits per heavy atom. The van der Waals surface area contributed by atoms with Crippen LogP contribution in [0.5, 0.6) is 0 Å². The Balaban J connectivity index is 2.04. The first-order chi connectivity index (χ1) is 12.4. The van der Waals surface area contributed by atoms with Crippen molar-refractivity contribution >= 4 is 0 Å². The van der Waals surface area contributed by atoms with Gasteiger partial charge in [-0.15, -0.1) is 0 Å². The molecule has 0 aromatic rings. The van der Waals surface area contributed by atoms with Gasteiger partial charge in [0.2, 0.25) is 0 Å². The molecule has 9 atom stereocenters. The molecule has 0 aromatic carbocycles. The van der Waals surface area contributed by atoms with E-state index in [2.05, 4.69) is 0 Å². The first kappa shape index (κ1) is 22.7. The highest BCUT2D eigenvalue weighted by molar-refractivity contribution is 5.11. The molecule has 158 valence electrons. The minimum Gasteiger partial charge on any atom is -0.394 e. The fourth-order valence-corrected chi connectivity index (χ4v) is 3.82. The summed E-state index contributed by atoms with van der Waals surface area (Å²) in [4.78, 5) is 0. The highest BCUT2D eigenvalue weighted by atomic mass is 16.7. The number of hydrogen-bond donors (Lipinski definition) is 6. The van der Waals surface area contributed by atoms with Crippen LogP contribution >= 0.6 is 0 Å². The zero-order chi connectivity index (χ0) is 20.6. The van der Waals surface area contributed by atoms with Crippen molar-refractivity contribution in [2.75, 3.05) is 6.61 Å². The smallest absolute Gasteiger partial charge is 0.187 e. The zero-order valence-corrected chi connectivity index (χ0v) is 16.4. The van der Waals surface area contributed by atoms with Crippen molar-refractivity contribution in [3.05, 3.63) is 12.2 Å². The number of ether oxygens (including phenoxy) is 2. The van der Waals surface area contributed by atoms with Crippen LogP contribution in [0.15, 0.2) is 12.2 Å². The molecular weight excluding hydrogens is 356 g/mol. The molecule has 1 aliphatic heterocycles. The number of aliphatic hydroxyl groups is 6. The first-order valence-corrected chi connectivity index (χ1v) is 9.43. The number of aliphatic hydroxyl groups excluding tert-OH is 6. The third-order valence-electron chi connectivity index (χ3n) is 6.28. The van der Waals surface area contributed by atoms with Gasteiger partial charge in [0, 0.05) is 0 Å². The molecule has 6 N–H and O–H groups in total. The van der Waals surface area contributed by atoms with E-state index in [0.29, 0.717) is 12.8 Å². The summed E-state index contributed by atoms with van der Waals surface area (Å²) in [6, 6.07) is 0. The van der Waals surface area contributed by atoms with Gasteiger partial charge in [0.15, 0.2) is 6.29 Å². The second kappa shape index (κ2) is 8.42. The topological polar surface area (TPSA) is 140 Å². The van der Waals surface area contributed by atoms with E-state index in [1.807, 2.05) is 26.8 Å². The van der Waals surface area contributed by atoms with Crippen LogP contribution in [-0.2, 0) is 9.47 Å². The van der Waals surface area contributed by atoms with Crippen molar-refractivity contribution in [1.29, 1.82) is 0 Å². The summed E-state index contributed by atoms with van der Waals surface area (Å²) >= 11 is 0. The molecule has 1 heterocycles. The van der Waals surface area contributed by atoms with Gasteiger partial charge in [0.25, 0.3) is 0 Å². The first-order valence-electron chi connectivity index (χ1n) is 9.43. The second-order valence-electron chi connectivity index (χ2n) is 8.74. The van der Waals surface area contributed by atoms with Crippen LogP contribution in [0.4, 0.5) is 0 Å². The lowest BCUT2D eigenvalue weighted by molar-refractivity contribution is -0.306. The molecule has 1 saturated carbocycles. The van der Waals surface area contributed by atoms with Gasteiger partial charge in [-0.3, -0.25) is 0 Å². The Kier molecular flexibility index (Phi) is 7.08. The van der Waals surface area contributed by atoms with Gasteiger partial charge in [-0.2, -0.15) is 0 Å². The van der Waals surface area contributed by atoms with Gasteiger partial charge in [-0.25, -0.2) is 0 Å². The van der Waals surface area contributed by atoms with E-state index in [0.717, 1.165) is 0 Å². The van der Waals surface area contributed by atoms with E-state index in [4.69, 9.17) is 9.47 Å². The molecule has 0 amide bonds. The minimum absolute atomic E-state index is 0.245. The quantitative estimate of drug-likeness (QED) is 0.339. The van der Waals surface area contributed by atoms with E-state index in [1.54, 1.807) is 13.0 Å². The van der Waals surface area contributed by atoms with Crippen molar-refractivity contribution in [1.82, 2.24) is 0 Å². The van der Waals surface area contributed by atoms with Crippen LogP contribution in [0.1, 0.15) is 40.5 Å². The number of hydrogen-bond acceptors (Lipinski definition) is 8. The monoisotopic (exact) mass is 390 g/mol. The van der Waals surface area contributed by atoms with E-state index in [1.165, 1.54) is 0 Å². The van der Waals surface area contributed by atoms with Crippen molar-refractivity contribution in [2.45, 2.75) is 89.6 Å². The predicted molar refractivity (Wildman–Crippen MR) is 96.6 cm³/mol. The molecule has 2 rings (SSSR count). The van der Waals surface area contributed by atoms with Crippen LogP contribution in [0.2, 0.25) is 0 Å². The maximum absolute atomic E-state index is 10.1. The molecule has 8 heteroatoms. The molecule has 0 aromatic heterocycles. The van der Waals surface area contributed by atoms with Gasteiger partial charge in [-0.1, -0.05) is 32.9 Å². The van der Waals surface area contributed by atoms with Crippen molar-refractivity contribution in [2.24, 2.45) is 10.8 Å². The summed E-state index contributed by atoms with van der Waals surface area (Å²) < 4.78 is 11.0. The van der Waals surface area contributed by atoms with Crippen molar-refractivity contribution in [3.8, 4) is 0 Å². The van der Waals surface area contributed by atoms with Crippen LogP contribution in [0.25, 0.3) is 0 Å². The lowest BCUT2D eigenvalue weighted by Gasteiger charge is -2.50. The zero-order valence-electron chi connectivity index (χ0n) is 16.4. The predicted octanol–water partition coefficient (Wildman–Crippen LogP) is -0.704. The van der Waals surface area contributed by atoms with Gasteiger partial charge < -0.3 is 40.1 Å². The molecule has 2 aliphatic rings. The molecular formula is C19H34O8. The molecule has 9 unspecified atom stereocenters. The SMILES string of the molecule is CC(C=CC1(C)CC(O)C(O)CC1(C)C)OC1OC(CO)C(O)C(O)C1O. The Labute approximate surface area is 160 Å². The molecule has 8 nitrogen and oxygen atoms in total. The minimum atomic E-state index is -1.48. The molecule has 27 heavy (non-hydrogen) atoms. The molecule has 0 spiro atoms. The van der Waals surface area contributed by atoms with E-state index in [-0.39, 0.29) is 10.8 Å². The Bertz CT molecular complexity index is 522. The second-order valence-corrected chi connectivity index (χ2v) is 8.74. The standard InChI is InChI=1S/C19H34O8/c1-10(26-17-16(25)15(24)14(23)13(9-20)27-17)5-6-19(4)8-12(22)11(21)7-18(19,2)3/h5-6,10-17,20-25H,7-9H2,1-4H3. The average molecular weight is 390 g/mol. The molecule has 1 saturated heterocycles. The fraction of sp³-hybridized carbons (Fsp3) is 0.895. The lowest BCUT2D eigenvalue weighted by atomic mass is 9.57. The molecule has 1 aliphatic carbocycles. The third kappa shape index (κ3) is 4.71. The molecule has 0 radical (unpaired) electrons. The van der Waals surface area contributed by atoms with Crippen molar-refractivity contribution < 1.29 is 40.1 Å². The van der Waals surface area contributed by atoms with Gasteiger partial charge >= 0.3 is 0 Å². The summed E-state index contributed by atoms with van der Waals surface area (Å²) in [5.74, 6) is 0. The van der Waals surface area contributed by atoms with Crippen LogP contribution in [-0.4, -0.2) is 86.3 Å².